The first-order valence-electron chi connectivity index (χ1n) is 18.1. The third kappa shape index (κ3) is 8.90. The SMILES string of the molecule is N=C1NC(=O)CN1C(=O)c1cn(Cc2ccccc2)c2ccc(Br)cc2c1=O.O=C(O)CNC(=O)c1cn(Cc2ccccc2)c2ccc(-c3cccnc3)cc2c1=O. The molecule has 294 valence electrons. The van der Waals surface area contributed by atoms with Crippen molar-refractivity contribution in [2.24, 2.45) is 0 Å². The number of nitrogens with zero attached hydrogens (tertiary/aromatic N) is 4. The van der Waals surface area contributed by atoms with Crippen molar-refractivity contribution in [2.45, 2.75) is 13.1 Å². The van der Waals surface area contributed by atoms with Crippen LogP contribution in [-0.2, 0) is 22.7 Å². The van der Waals surface area contributed by atoms with E-state index in [0.717, 1.165) is 31.6 Å². The number of aromatic nitrogens is 3. The quantitative estimate of drug-likeness (QED) is 0.151. The molecule has 0 unspecified atom stereocenters. The Morgan fingerprint density at radius 3 is 1.92 bits per heavy atom. The van der Waals surface area contributed by atoms with Gasteiger partial charge in [-0.3, -0.25) is 49.4 Å². The molecule has 8 rings (SSSR count). The lowest BCUT2D eigenvalue weighted by atomic mass is 10.0. The van der Waals surface area contributed by atoms with E-state index in [1.54, 1.807) is 24.5 Å². The number of carbonyl (C=O) groups is 4. The van der Waals surface area contributed by atoms with Gasteiger partial charge in [0, 0.05) is 58.7 Å². The first-order chi connectivity index (χ1) is 28.5. The molecule has 4 aromatic carbocycles. The highest BCUT2D eigenvalue weighted by Gasteiger charge is 2.32. The zero-order valence-corrected chi connectivity index (χ0v) is 32.7. The molecule has 59 heavy (non-hydrogen) atoms. The van der Waals surface area contributed by atoms with Gasteiger partial charge in [-0.05, 0) is 53.1 Å². The number of pyridine rings is 3. The van der Waals surface area contributed by atoms with Crippen LogP contribution in [0.25, 0.3) is 32.9 Å². The molecule has 1 saturated heterocycles. The van der Waals surface area contributed by atoms with Crippen molar-refractivity contribution < 1.29 is 24.3 Å². The first kappa shape index (κ1) is 39.7. The Labute approximate surface area is 344 Å². The van der Waals surface area contributed by atoms with Gasteiger partial charge in [-0.1, -0.05) is 88.7 Å². The van der Waals surface area contributed by atoms with Crippen LogP contribution in [0.3, 0.4) is 0 Å². The molecule has 7 aromatic rings. The summed E-state index contributed by atoms with van der Waals surface area (Å²) in [6.45, 7) is 0.0776. The molecular weight excluding hydrogens is 818 g/mol. The maximum Gasteiger partial charge on any atom is 0.322 e. The minimum Gasteiger partial charge on any atom is -0.480 e. The van der Waals surface area contributed by atoms with Crippen LogP contribution in [0.4, 0.5) is 0 Å². The number of carboxylic acid groups (broad SMARTS) is 1. The van der Waals surface area contributed by atoms with Crippen LogP contribution in [0.15, 0.2) is 148 Å². The van der Waals surface area contributed by atoms with E-state index in [1.165, 1.54) is 12.4 Å². The number of carbonyl (C=O) groups excluding carboxylic acids is 3. The van der Waals surface area contributed by atoms with Gasteiger partial charge in [-0.25, -0.2) is 0 Å². The number of amides is 3. The average Bonchev–Trinajstić information content (AvgIpc) is 3.59. The van der Waals surface area contributed by atoms with Crippen LogP contribution in [0.1, 0.15) is 31.8 Å². The number of hydrogen-bond acceptors (Lipinski definition) is 8. The summed E-state index contributed by atoms with van der Waals surface area (Å²) in [6.07, 6.45) is 6.36. The minimum atomic E-state index is -1.18. The number of aliphatic carboxylic acids is 1. The summed E-state index contributed by atoms with van der Waals surface area (Å²) in [4.78, 5) is 79.1. The molecule has 0 saturated carbocycles. The van der Waals surface area contributed by atoms with Gasteiger partial charge in [-0.2, -0.15) is 0 Å². The summed E-state index contributed by atoms with van der Waals surface area (Å²) in [5.41, 5.74) is 3.96. The largest absolute Gasteiger partial charge is 0.480 e. The number of hydrogen-bond donors (Lipinski definition) is 4. The smallest absolute Gasteiger partial charge is 0.322 e. The lowest BCUT2D eigenvalue weighted by molar-refractivity contribution is -0.135. The van der Waals surface area contributed by atoms with Crippen molar-refractivity contribution >= 4 is 67.4 Å². The Balaban J connectivity index is 0.000000180. The third-order valence-electron chi connectivity index (χ3n) is 9.46. The van der Waals surface area contributed by atoms with Crippen LogP contribution in [-0.4, -0.2) is 66.9 Å². The van der Waals surface area contributed by atoms with Gasteiger partial charge in [-0.15, -0.1) is 0 Å². The van der Waals surface area contributed by atoms with Gasteiger partial charge in [0.1, 0.15) is 24.2 Å². The zero-order chi connectivity index (χ0) is 41.6. The van der Waals surface area contributed by atoms with E-state index in [-0.39, 0.29) is 23.6 Å². The van der Waals surface area contributed by atoms with Crippen LogP contribution < -0.4 is 21.5 Å². The summed E-state index contributed by atoms with van der Waals surface area (Å²) >= 11 is 3.37. The summed E-state index contributed by atoms with van der Waals surface area (Å²) in [7, 11) is 0. The normalized spacial score (nSPS) is 12.2. The Hall–Kier alpha value is -7.52. The maximum absolute atomic E-state index is 13.2. The van der Waals surface area contributed by atoms with E-state index in [2.05, 4.69) is 31.5 Å². The van der Waals surface area contributed by atoms with E-state index in [0.29, 0.717) is 34.9 Å². The molecule has 0 bridgehead atoms. The molecule has 14 nitrogen and oxygen atoms in total. The number of guanidine groups is 1. The van der Waals surface area contributed by atoms with Crippen molar-refractivity contribution in [1.29, 1.82) is 5.41 Å². The topological polar surface area (TPSA) is 197 Å². The monoisotopic (exact) mass is 851 g/mol. The number of fused-ring (bicyclic) bond motifs is 2. The van der Waals surface area contributed by atoms with Crippen LogP contribution in [0, 0.1) is 5.41 Å². The van der Waals surface area contributed by atoms with E-state index in [9.17, 15) is 28.8 Å². The molecule has 3 amide bonds. The van der Waals surface area contributed by atoms with Crippen molar-refractivity contribution in [3.05, 3.63) is 181 Å². The summed E-state index contributed by atoms with van der Waals surface area (Å²) in [6, 6.07) is 33.9. The molecular formula is C44H34BrN7O7. The zero-order valence-electron chi connectivity index (χ0n) is 31.1. The lowest BCUT2D eigenvalue weighted by Crippen LogP contribution is -2.37. The van der Waals surface area contributed by atoms with Crippen molar-refractivity contribution in [3.63, 3.8) is 0 Å². The highest BCUT2D eigenvalue weighted by molar-refractivity contribution is 9.10. The standard InChI is InChI=1S/C24H19N3O4.C20H15BrN4O3/c28-22(29)13-26-24(31)20-15-27(14-16-5-2-1-3-6-16)21-9-8-17(11-19(21)23(20)30)18-7-4-10-25-12-18;21-13-6-7-16-14(8-13)18(27)15(19(28)25-11-17(26)23-20(25)22)10-24(16)9-12-4-2-1-3-5-12/h1-12,15H,13-14H2,(H,26,31)(H,28,29);1-8,10H,9,11H2,(H2,22,23,26). The first-order valence-corrected chi connectivity index (χ1v) is 18.9. The Kier molecular flexibility index (Phi) is 11.7. The molecule has 3 aromatic heterocycles. The summed E-state index contributed by atoms with van der Waals surface area (Å²) in [5, 5.41) is 21.9. The van der Waals surface area contributed by atoms with Gasteiger partial charge in [0.15, 0.2) is 0 Å². The van der Waals surface area contributed by atoms with Gasteiger partial charge in [0.2, 0.25) is 22.7 Å². The predicted octanol–water partition coefficient (Wildman–Crippen LogP) is 5.25. The predicted molar refractivity (Wildman–Crippen MR) is 225 cm³/mol. The molecule has 1 aliphatic rings. The van der Waals surface area contributed by atoms with Gasteiger partial charge in [0.05, 0.1) is 11.0 Å². The summed E-state index contributed by atoms with van der Waals surface area (Å²) < 4.78 is 4.38. The fourth-order valence-corrected chi connectivity index (χ4v) is 7.01. The van der Waals surface area contributed by atoms with E-state index >= 15 is 0 Å². The molecule has 1 aliphatic heterocycles. The molecule has 0 aliphatic carbocycles. The number of rotatable bonds is 9. The fraction of sp³-hybridized carbons (Fsp3) is 0.0909. The Morgan fingerprint density at radius 2 is 1.34 bits per heavy atom. The van der Waals surface area contributed by atoms with E-state index in [4.69, 9.17) is 10.5 Å². The van der Waals surface area contributed by atoms with Crippen molar-refractivity contribution in [2.75, 3.05) is 13.1 Å². The Morgan fingerprint density at radius 1 is 0.746 bits per heavy atom. The van der Waals surface area contributed by atoms with Crippen LogP contribution in [0.2, 0.25) is 0 Å². The van der Waals surface area contributed by atoms with Gasteiger partial charge in [0.25, 0.3) is 11.8 Å². The highest BCUT2D eigenvalue weighted by atomic mass is 79.9. The van der Waals surface area contributed by atoms with Gasteiger partial charge < -0.3 is 19.6 Å². The molecule has 1 fully saturated rings. The minimum absolute atomic E-state index is 0.0808. The number of halogens is 1. The fourth-order valence-electron chi connectivity index (χ4n) is 6.65. The number of carboxylic acids is 1. The molecule has 4 heterocycles. The molecule has 0 atom stereocenters. The summed E-state index contributed by atoms with van der Waals surface area (Å²) in [5.74, 6) is -3.35. The maximum atomic E-state index is 13.2. The third-order valence-corrected chi connectivity index (χ3v) is 9.95. The van der Waals surface area contributed by atoms with E-state index < -0.39 is 41.1 Å². The number of benzene rings is 4. The second-order valence-electron chi connectivity index (χ2n) is 13.5. The average molecular weight is 853 g/mol. The molecule has 4 N–H and O–H groups in total. The second-order valence-corrected chi connectivity index (χ2v) is 14.4. The number of nitrogens with one attached hydrogen (secondary N) is 3. The second kappa shape index (κ2) is 17.3. The highest BCUT2D eigenvalue weighted by Crippen LogP contribution is 2.24. The molecule has 0 radical (unpaired) electrons. The van der Waals surface area contributed by atoms with Gasteiger partial charge >= 0.3 is 5.97 Å². The van der Waals surface area contributed by atoms with Crippen molar-refractivity contribution in [3.8, 4) is 11.1 Å². The van der Waals surface area contributed by atoms with Crippen molar-refractivity contribution in [1.82, 2.24) is 29.7 Å². The molecule has 15 heteroatoms. The lowest BCUT2D eigenvalue weighted by Gasteiger charge is -2.17. The van der Waals surface area contributed by atoms with Crippen LogP contribution in [0.5, 0.6) is 0 Å². The van der Waals surface area contributed by atoms with Crippen LogP contribution >= 0.6 is 15.9 Å². The Bertz CT molecular complexity index is 2900. The molecule has 0 spiro atoms. The van der Waals surface area contributed by atoms with E-state index in [1.807, 2.05) is 106 Å².